The second kappa shape index (κ2) is 9.80. The van der Waals surface area contributed by atoms with Crippen molar-refractivity contribution in [1.29, 1.82) is 0 Å². The van der Waals surface area contributed by atoms with Gasteiger partial charge in [-0.2, -0.15) is 21.6 Å². The summed E-state index contributed by atoms with van der Waals surface area (Å²) in [4.78, 5) is 12.1. The number of carbonyl (C=O) groups is 1. The highest BCUT2D eigenvalue weighted by Crippen LogP contribution is 2.42. The Kier molecular flexibility index (Phi) is 7.44. The zero-order valence-electron chi connectivity index (χ0n) is 17.7. The van der Waals surface area contributed by atoms with E-state index in [0.29, 0.717) is 21.2 Å². The molecule has 0 fully saturated rings. The lowest BCUT2D eigenvalue weighted by Gasteiger charge is -2.22. The molecule has 0 aliphatic rings. The molecule has 0 heterocycles. The van der Waals surface area contributed by atoms with E-state index in [9.17, 15) is 31.5 Å². The van der Waals surface area contributed by atoms with Gasteiger partial charge < -0.3 is 18.8 Å². The van der Waals surface area contributed by atoms with Gasteiger partial charge in [-0.3, -0.25) is 0 Å². The number of methoxy groups -OCH3 is 1. The van der Waals surface area contributed by atoms with Crippen molar-refractivity contribution >= 4 is 42.8 Å². The van der Waals surface area contributed by atoms with E-state index in [4.69, 9.17) is 9.47 Å². The van der Waals surface area contributed by atoms with Crippen molar-refractivity contribution in [1.82, 2.24) is 0 Å². The van der Waals surface area contributed by atoms with Crippen molar-refractivity contribution in [3.8, 4) is 11.5 Å². The topological polar surface area (TPSA) is 99.1 Å². The number of aliphatic carboxylic acids is 1. The van der Waals surface area contributed by atoms with Crippen LogP contribution in [-0.4, -0.2) is 32.1 Å². The molecule has 3 rings (SSSR count). The lowest BCUT2D eigenvalue weighted by atomic mass is 9.96. The van der Waals surface area contributed by atoms with Gasteiger partial charge in [0.1, 0.15) is 5.75 Å². The van der Waals surface area contributed by atoms with Crippen LogP contribution < -0.4 is 8.92 Å². The number of alkyl halides is 3. The predicted octanol–water partition coefficient (Wildman–Crippen LogP) is 5.49. The highest BCUT2D eigenvalue weighted by atomic mass is 79.9. The smallest absolute Gasteiger partial charge is 0.497 e. The maximum atomic E-state index is 13.1. The van der Waals surface area contributed by atoms with E-state index in [0.717, 1.165) is 0 Å². The fourth-order valence-corrected chi connectivity index (χ4v) is 4.09. The Morgan fingerprint density at radius 3 is 2.32 bits per heavy atom. The van der Waals surface area contributed by atoms with E-state index in [1.807, 2.05) is 0 Å². The average molecular weight is 563 g/mol. The van der Waals surface area contributed by atoms with Crippen LogP contribution in [0.2, 0.25) is 0 Å². The number of hydrogen-bond donors (Lipinski definition) is 1. The second-order valence-electron chi connectivity index (χ2n) is 7.16. The van der Waals surface area contributed by atoms with Crippen molar-refractivity contribution < 1.29 is 45.1 Å². The van der Waals surface area contributed by atoms with Crippen LogP contribution in [0.5, 0.6) is 11.5 Å². The highest BCUT2D eigenvalue weighted by molar-refractivity contribution is 9.10. The van der Waals surface area contributed by atoms with Gasteiger partial charge in [0, 0.05) is 15.4 Å². The molecule has 1 atom stereocenters. The molecule has 0 aromatic heterocycles. The largest absolute Gasteiger partial charge is 0.534 e. The first-order valence-corrected chi connectivity index (χ1v) is 11.7. The van der Waals surface area contributed by atoms with Crippen LogP contribution in [0, 0.1) is 6.92 Å². The number of rotatable bonds is 8. The van der Waals surface area contributed by atoms with Gasteiger partial charge in [0.15, 0.2) is 11.9 Å². The molecule has 0 saturated heterocycles. The molecule has 182 valence electrons. The normalized spacial score (nSPS) is 13.0. The summed E-state index contributed by atoms with van der Waals surface area (Å²) in [5.74, 6) is -1.75. The Bertz CT molecular complexity index is 1320. The minimum atomic E-state index is -6.11. The summed E-state index contributed by atoms with van der Waals surface area (Å²) in [7, 11) is -4.63. The van der Waals surface area contributed by atoms with E-state index in [1.54, 1.807) is 30.3 Å². The summed E-state index contributed by atoms with van der Waals surface area (Å²) in [6, 6.07) is 12.4. The Morgan fingerprint density at radius 1 is 1.12 bits per heavy atom. The molecule has 0 aliphatic heterocycles. The van der Waals surface area contributed by atoms with Crippen molar-refractivity contribution in [2.24, 2.45) is 0 Å². The lowest BCUT2D eigenvalue weighted by Crippen LogP contribution is -2.29. The molecular weight excluding hydrogens is 545 g/mol. The molecule has 1 N–H and O–H groups in total. The summed E-state index contributed by atoms with van der Waals surface area (Å²) in [5, 5.41) is 10.1. The van der Waals surface area contributed by atoms with Gasteiger partial charge in [0.2, 0.25) is 0 Å². The molecule has 7 nitrogen and oxygen atoms in total. The van der Waals surface area contributed by atoms with E-state index in [-0.39, 0.29) is 23.1 Å². The molecule has 0 bridgehead atoms. The summed E-state index contributed by atoms with van der Waals surface area (Å²) in [6.07, 6.45) is -1.83. The van der Waals surface area contributed by atoms with E-state index < -0.39 is 33.4 Å². The number of carboxylic acids is 1. The minimum absolute atomic E-state index is 0.0397. The van der Waals surface area contributed by atoms with E-state index in [1.165, 1.54) is 32.2 Å². The van der Waals surface area contributed by atoms with Crippen LogP contribution in [0.3, 0.4) is 0 Å². The second-order valence-corrected chi connectivity index (χ2v) is 9.62. The molecule has 3 aromatic rings. The monoisotopic (exact) mass is 562 g/mol. The lowest BCUT2D eigenvalue weighted by molar-refractivity contribution is -0.151. The molecule has 0 aliphatic carbocycles. The number of benzene rings is 3. The minimum Gasteiger partial charge on any atom is -0.497 e. The maximum Gasteiger partial charge on any atom is 0.534 e. The van der Waals surface area contributed by atoms with E-state index >= 15 is 0 Å². The van der Waals surface area contributed by atoms with Gasteiger partial charge in [-0.1, -0.05) is 40.2 Å². The van der Waals surface area contributed by atoms with Crippen LogP contribution in [0.15, 0.2) is 53.0 Å². The fraction of sp³-hybridized carbons (Fsp3) is 0.227. The molecule has 12 heteroatoms. The number of aryl methyl sites for hydroxylation is 1. The zero-order valence-corrected chi connectivity index (χ0v) is 20.1. The first kappa shape index (κ1) is 25.8. The van der Waals surface area contributed by atoms with Crippen LogP contribution in [0.4, 0.5) is 13.2 Å². The Labute approximate surface area is 201 Å². The molecular formula is C22H18BrF3O7S. The van der Waals surface area contributed by atoms with Crippen molar-refractivity contribution in [2.45, 2.75) is 25.1 Å². The fourth-order valence-electron chi connectivity index (χ4n) is 3.24. The first-order valence-electron chi connectivity index (χ1n) is 9.55. The Hall–Kier alpha value is -2.83. The molecule has 0 amide bonds. The number of ether oxygens (including phenoxy) is 2. The predicted molar refractivity (Wildman–Crippen MR) is 120 cm³/mol. The van der Waals surface area contributed by atoms with Gasteiger partial charge >= 0.3 is 21.6 Å². The SMILES string of the molecule is COc1ccc(COC(C(=O)O)c2c(C)cc3ccc(Br)cc3c2OS(=O)(=O)C(F)(F)F)cc1. The summed E-state index contributed by atoms with van der Waals surface area (Å²) in [5.41, 5.74) is -5.35. The van der Waals surface area contributed by atoms with Gasteiger partial charge in [0.05, 0.1) is 13.7 Å². The van der Waals surface area contributed by atoms with Crippen molar-refractivity contribution in [3.63, 3.8) is 0 Å². The average Bonchev–Trinajstić information content (AvgIpc) is 2.75. The van der Waals surface area contributed by atoms with Gasteiger partial charge in [-0.15, -0.1) is 0 Å². The highest BCUT2D eigenvalue weighted by Gasteiger charge is 2.49. The van der Waals surface area contributed by atoms with Crippen molar-refractivity contribution in [3.05, 3.63) is 69.7 Å². The zero-order chi connectivity index (χ0) is 25.3. The quantitative estimate of drug-likeness (QED) is 0.286. The van der Waals surface area contributed by atoms with Crippen LogP contribution in [0.1, 0.15) is 22.8 Å². The molecule has 0 radical (unpaired) electrons. The number of fused-ring (bicyclic) bond motifs is 1. The number of hydrogen-bond acceptors (Lipinski definition) is 6. The van der Waals surface area contributed by atoms with Crippen molar-refractivity contribution in [2.75, 3.05) is 7.11 Å². The molecule has 0 spiro atoms. The third kappa shape index (κ3) is 5.45. The molecule has 3 aromatic carbocycles. The standard InChI is InChI=1S/C22H18BrF3O7S/c1-12-9-14-5-6-15(23)10-17(14)19(33-34(29,30)22(24,25)26)18(12)20(21(27)28)32-11-13-3-7-16(31-2)8-4-13/h3-10,20H,11H2,1-2H3,(H,27,28). The summed E-state index contributed by atoms with van der Waals surface area (Å²) < 4.78 is 78.7. The Balaban J connectivity index is 2.15. The number of halogens is 4. The van der Waals surface area contributed by atoms with Gasteiger partial charge in [-0.05, 0) is 47.7 Å². The van der Waals surface area contributed by atoms with Crippen LogP contribution in [0.25, 0.3) is 10.8 Å². The third-order valence-electron chi connectivity index (χ3n) is 4.84. The van der Waals surface area contributed by atoms with Crippen LogP contribution >= 0.6 is 15.9 Å². The summed E-state index contributed by atoms with van der Waals surface area (Å²) in [6.45, 7) is 1.19. The summed E-state index contributed by atoms with van der Waals surface area (Å²) >= 11 is 3.18. The van der Waals surface area contributed by atoms with Gasteiger partial charge in [0.25, 0.3) is 0 Å². The first-order chi connectivity index (χ1) is 15.8. The molecule has 0 saturated carbocycles. The van der Waals surface area contributed by atoms with Gasteiger partial charge in [-0.25, -0.2) is 4.79 Å². The van der Waals surface area contributed by atoms with Crippen LogP contribution in [-0.2, 0) is 26.3 Å². The van der Waals surface area contributed by atoms with E-state index in [2.05, 4.69) is 20.1 Å². The molecule has 1 unspecified atom stereocenters. The number of carboxylic acid groups (broad SMARTS) is 1. The third-order valence-corrected chi connectivity index (χ3v) is 6.29. The Morgan fingerprint density at radius 2 is 1.76 bits per heavy atom. The maximum absolute atomic E-state index is 13.1. The molecule has 34 heavy (non-hydrogen) atoms.